The summed E-state index contributed by atoms with van der Waals surface area (Å²) < 4.78 is 14.7. The van der Waals surface area contributed by atoms with Crippen molar-refractivity contribution in [3.8, 4) is 0 Å². The first-order valence-electron chi connectivity index (χ1n) is 8.90. The van der Waals surface area contributed by atoms with Crippen molar-refractivity contribution in [1.82, 2.24) is 10.2 Å². The molecule has 0 radical (unpaired) electrons. The van der Waals surface area contributed by atoms with E-state index in [2.05, 4.69) is 10.1 Å². The SMILES string of the molecule is CC(C)(C)OC(=O)NCCC[C@H]1C(=O)OC(=O)N1C(=O)OCc1ccccc1. The van der Waals surface area contributed by atoms with E-state index in [1.54, 1.807) is 45.0 Å². The molecule has 1 aromatic rings. The standard InChI is InChI=1S/C19H24N2O7/c1-19(2,3)28-16(23)20-11-7-10-14-15(22)27-18(25)21(14)17(24)26-12-13-8-5-4-6-9-13/h4-6,8-9,14H,7,10-12H2,1-3H3,(H,20,23)/t14-/m0/s1. The summed E-state index contributed by atoms with van der Waals surface area (Å²) in [6.07, 6.45) is -2.15. The van der Waals surface area contributed by atoms with Crippen molar-refractivity contribution >= 4 is 24.2 Å². The molecule has 3 amide bonds. The lowest BCUT2D eigenvalue weighted by Crippen LogP contribution is -2.41. The average molecular weight is 392 g/mol. The average Bonchev–Trinajstić information content (AvgIpc) is 2.89. The number of rotatable bonds is 6. The highest BCUT2D eigenvalue weighted by Crippen LogP contribution is 2.20. The van der Waals surface area contributed by atoms with Crippen LogP contribution in [-0.2, 0) is 25.6 Å². The van der Waals surface area contributed by atoms with Crippen LogP contribution < -0.4 is 5.32 Å². The smallest absolute Gasteiger partial charge is 0.427 e. The van der Waals surface area contributed by atoms with E-state index in [9.17, 15) is 19.2 Å². The molecule has 9 heteroatoms. The van der Waals surface area contributed by atoms with Crippen LogP contribution in [0.5, 0.6) is 0 Å². The molecule has 152 valence electrons. The lowest BCUT2D eigenvalue weighted by Gasteiger charge is -2.20. The fraction of sp³-hybridized carbons (Fsp3) is 0.474. The highest BCUT2D eigenvalue weighted by Gasteiger charge is 2.45. The molecule has 0 spiro atoms. The van der Waals surface area contributed by atoms with Gasteiger partial charge in [0.2, 0.25) is 0 Å². The molecule has 1 fully saturated rings. The van der Waals surface area contributed by atoms with Gasteiger partial charge in [0.05, 0.1) is 0 Å². The third-order valence-electron chi connectivity index (χ3n) is 3.69. The zero-order chi connectivity index (χ0) is 20.7. The van der Waals surface area contributed by atoms with Gasteiger partial charge in [-0.1, -0.05) is 30.3 Å². The van der Waals surface area contributed by atoms with Crippen LogP contribution in [0, 0.1) is 0 Å². The van der Waals surface area contributed by atoms with Crippen molar-refractivity contribution in [2.45, 2.75) is 51.9 Å². The molecule has 1 saturated heterocycles. The van der Waals surface area contributed by atoms with Gasteiger partial charge < -0.3 is 19.5 Å². The summed E-state index contributed by atoms with van der Waals surface area (Å²) in [5, 5.41) is 2.55. The van der Waals surface area contributed by atoms with Crippen molar-refractivity contribution in [2.75, 3.05) is 6.54 Å². The Morgan fingerprint density at radius 3 is 2.50 bits per heavy atom. The molecule has 2 rings (SSSR count). The lowest BCUT2D eigenvalue weighted by atomic mass is 10.1. The van der Waals surface area contributed by atoms with Crippen LogP contribution in [0.15, 0.2) is 30.3 Å². The lowest BCUT2D eigenvalue weighted by molar-refractivity contribution is -0.136. The van der Waals surface area contributed by atoms with Gasteiger partial charge in [0.1, 0.15) is 18.2 Å². The molecule has 0 saturated carbocycles. The number of hydrogen-bond acceptors (Lipinski definition) is 7. The highest BCUT2D eigenvalue weighted by atomic mass is 16.6. The summed E-state index contributed by atoms with van der Waals surface area (Å²) in [4.78, 5) is 48.2. The van der Waals surface area contributed by atoms with Crippen LogP contribution in [0.3, 0.4) is 0 Å². The molecule has 28 heavy (non-hydrogen) atoms. The molecule has 1 N–H and O–H groups in total. The monoisotopic (exact) mass is 392 g/mol. The van der Waals surface area contributed by atoms with Crippen molar-refractivity contribution in [2.24, 2.45) is 0 Å². The minimum atomic E-state index is -1.09. The normalized spacial score (nSPS) is 16.5. The number of imide groups is 1. The van der Waals surface area contributed by atoms with E-state index < -0.39 is 35.9 Å². The van der Waals surface area contributed by atoms with Crippen LogP contribution >= 0.6 is 0 Å². The first-order chi connectivity index (χ1) is 13.2. The number of alkyl carbamates (subject to hydrolysis) is 1. The van der Waals surface area contributed by atoms with Crippen molar-refractivity contribution in [1.29, 1.82) is 0 Å². The summed E-state index contributed by atoms with van der Waals surface area (Å²) in [5.41, 5.74) is 0.123. The Labute approximate surface area is 162 Å². The fourth-order valence-electron chi connectivity index (χ4n) is 2.47. The second-order valence-corrected chi connectivity index (χ2v) is 7.18. The maximum atomic E-state index is 12.2. The van der Waals surface area contributed by atoms with Crippen LogP contribution in [0.25, 0.3) is 0 Å². The summed E-state index contributed by atoms with van der Waals surface area (Å²) in [7, 11) is 0. The number of amides is 3. The predicted octanol–water partition coefficient (Wildman–Crippen LogP) is 2.98. The van der Waals surface area contributed by atoms with Gasteiger partial charge >= 0.3 is 24.2 Å². The molecule has 1 atom stereocenters. The number of nitrogens with zero attached hydrogens (tertiary/aromatic N) is 1. The summed E-state index contributed by atoms with van der Waals surface area (Å²) in [6.45, 7) is 5.40. The van der Waals surface area contributed by atoms with Gasteiger partial charge in [-0.25, -0.2) is 19.2 Å². The van der Waals surface area contributed by atoms with Gasteiger partial charge in [-0.3, -0.25) is 0 Å². The van der Waals surface area contributed by atoms with Crippen LogP contribution in [0.2, 0.25) is 0 Å². The van der Waals surface area contributed by atoms with E-state index in [0.717, 1.165) is 5.56 Å². The Morgan fingerprint density at radius 1 is 1.18 bits per heavy atom. The molecular formula is C19H24N2O7. The minimum absolute atomic E-state index is 0.0371. The van der Waals surface area contributed by atoms with Gasteiger partial charge in [0.25, 0.3) is 0 Å². The van der Waals surface area contributed by atoms with E-state index >= 15 is 0 Å². The molecule has 0 aliphatic carbocycles. The second-order valence-electron chi connectivity index (χ2n) is 7.18. The van der Waals surface area contributed by atoms with Crippen molar-refractivity contribution in [3.63, 3.8) is 0 Å². The molecule has 0 bridgehead atoms. The zero-order valence-corrected chi connectivity index (χ0v) is 16.1. The van der Waals surface area contributed by atoms with E-state index in [1.165, 1.54) is 0 Å². The third kappa shape index (κ3) is 6.26. The van der Waals surface area contributed by atoms with Gasteiger partial charge in [0, 0.05) is 6.54 Å². The quantitative estimate of drug-likeness (QED) is 0.343. The molecule has 1 aliphatic rings. The van der Waals surface area contributed by atoms with Gasteiger partial charge in [-0.05, 0) is 39.2 Å². The first-order valence-corrected chi connectivity index (χ1v) is 8.90. The molecule has 1 heterocycles. The number of esters is 1. The molecule has 1 aliphatic heterocycles. The van der Waals surface area contributed by atoms with Crippen molar-refractivity contribution in [3.05, 3.63) is 35.9 Å². The first kappa shape index (κ1) is 21.2. The molecular weight excluding hydrogens is 368 g/mol. The van der Waals surface area contributed by atoms with E-state index in [0.29, 0.717) is 11.3 Å². The van der Waals surface area contributed by atoms with Gasteiger partial charge in [-0.2, -0.15) is 4.90 Å². The summed E-state index contributed by atoms with van der Waals surface area (Å²) in [6, 6.07) is 7.84. The summed E-state index contributed by atoms with van der Waals surface area (Å²) >= 11 is 0. The van der Waals surface area contributed by atoms with Gasteiger partial charge in [-0.15, -0.1) is 0 Å². The number of carbonyl (C=O) groups excluding carboxylic acids is 4. The third-order valence-corrected chi connectivity index (χ3v) is 3.69. The van der Waals surface area contributed by atoms with E-state index in [1.807, 2.05) is 6.07 Å². The highest BCUT2D eigenvalue weighted by molar-refractivity contribution is 6.03. The minimum Gasteiger partial charge on any atom is -0.444 e. The van der Waals surface area contributed by atoms with Crippen LogP contribution in [-0.4, -0.2) is 47.3 Å². The predicted molar refractivity (Wildman–Crippen MR) is 97.2 cm³/mol. The van der Waals surface area contributed by atoms with Crippen LogP contribution in [0.4, 0.5) is 14.4 Å². The number of cyclic esters (lactones) is 2. The van der Waals surface area contributed by atoms with Crippen molar-refractivity contribution < 1.29 is 33.4 Å². The Hall–Kier alpha value is -3.10. The van der Waals surface area contributed by atoms with Gasteiger partial charge in [0.15, 0.2) is 0 Å². The molecule has 0 aromatic heterocycles. The Kier molecular flexibility index (Phi) is 6.97. The Bertz CT molecular complexity index is 728. The maximum Gasteiger partial charge on any atom is 0.427 e. The fourth-order valence-corrected chi connectivity index (χ4v) is 2.47. The molecule has 9 nitrogen and oxygen atoms in total. The number of carbonyl (C=O) groups is 4. The molecule has 1 aromatic carbocycles. The molecule has 0 unspecified atom stereocenters. The largest absolute Gasteiger partial charge is 0.444 e. The van der Waals surface area contributed by atoms with Crippen LogP contribution in [0.1, 0.15) is 39.2 Å². The summed E-state index contributed by atoms with van der Waals surface area (Å²) in [5.74, 6) is -0.820. The second kappa shape index (κ2) is 9.20. The number of hydrogen-bond donors (Lipinski definition) is 1. The number of benzene rings is 1. The number of ether oxygens (including phenoxy) is 3. The number of nitrogens with one attached hydrogen (secondary N) is 1. The Morgan fingerprint density at radius 2 is 1.86 bits per heavy atom. The van der Waals surface area contributed by atoms with E-state index in [-0.39, 0.29) is 19.6 Å². The maximum absolute atomic E-state index is 12.2. The zero-order valence-electron chi connectivity index (χ0n) is 16.1. The topological polar surface area (TPSA) is 111 Å². The van der Waals surface area contributed by atoms with E-state index in [4.69, 9.17) is 9.47 Å². The Balaban J connectivity index is 1.84.